The fourth-order valence-electron chi connectivity index (χ4n) is 3.17. The summed E-state index contributed by atoms with van der Waals surface area (Å²) in [4.78, 5) is 26.1. The van der Waals surface area contributed by atoms with Crippen LogP contribution in [0.3, 0.4) is 0 Å². The topological polar surface area (TPSA) is 98.6 Å². The minimum absolute atomic E-state index is 0.0959. The number of rotatable bonds is 7. The van der Waals surface area contributed by atoms with Crippen LogP contribution in [0.2, 0.25) is 5.02 Å². The Kier molecular flexibility index (Phi) is 7.05. The second-order valence-corrected chi connectivity index (χ2v) is 8.68. The zero-order chi connectivity index (χ0) is 23.4. The largest absolute Gasteiger partial charge is 0.485 e. The molecule has 1 atom stereocenters. The Bertz CT molecular complexity index is 1170. The van der Waals surface area contributed by atoms with Crippen molar-refractivity contribution in [3.8, 4) is 11.5 Å². The molecular formula is C22H22ClN5O4S. The van der Waals surface area contributed by atoms with E-state index in [-0.39, 0.29) is 24.1 Å². The molecule has 1 aliphatic heterocycles. The van der Waals surface area contributed by atoms with Crippen molar-refractivity contribution in [3.63, 3.8) is 0 Å². The zero-order valence-corrected chi connectivity index (χ0v) is 19.6. The lowest BCUT2D eigenvalue weighted by atomic mass is 10.2. The molecule has 11 heteroatoms. The maximum Gasteiger partial charge on any atom is 0.244 e. The first-order valence-electron chi connectivity index (χ1n) is 10.1. The van der Waals surface area contributed by atoms with Gasteiger partial charge in [-0.25, -0.2) is 0 Å². The van der Waals surface area contributed by atoms with Crippen molar-refractivity contribution in [2.45, 2.75) is 11.3 Å². The molecule has 0 spiro atoms. The lowest BCUT2D eigenvalue weighted by Gasteiger charge is -2.25. The molecule has 0 aliphatic carbocycles. The van der Waals surface area contributed by atoms with E-state index in [9.17, 15) is 9.59 Å². The molecule has 1 unspecified atom stereocenters. The van der Waals surface area contributed by atoms with E-state index in [1.165, 1.54) is 16.7 Å². The number of thioether (sulfide) groups is 1. The summed E-state index contributed by atoms with van der Waals surface area (Å²) in [6.45, 7) is 0.219. The first-order chi connectivity index (χ1) is 15.9. The quantitative estimate of drug-likeness (QED) is 0.511. The standard InChI is InChI=1S/C22H22ClN5O4S/c1-27(11-19(29)24-15-8-4-3-7-14(15)23)20(30)13-33-22-26-25-21(28(22)2)18-12-31-16-9-5-6-10-17(16)32-18/h3-10,18H,11-13H2,1-2H3,(H,24,29). The molecule has 4 rings (SSSR count). The fraction of sp³-hybridized carbons (Fsp3) is 0.273. The molecule has 0 saturated heterocycles. The maximum atomic E-state index is 12.5. The van der Waals surface area contributed by atoms with E-state index < -0.39 is 6.10 Å². The molecule has 0 radical (unpaired) electrons. The van der Waals surface area contributed by atoms with Crippen LogP contribution in [-0.2, 0) is 16.6 Å². The van der Waals surface area contributed by atoms with Crippen LogP contribution in [0, 0.1) is 0 Å². The number of para-hydroxylation sites is 3. The SMILES string of the molecule is CN(CC(=O)Nc1ccccc1Cl)C(=O)CSc1nnc(C2COc3ccccc3O2)n1C. The molecule has 2 heterocycles. The predicted octanol–water partition coefficient (Wildman–Crippen LogP) is 3.17. The van der Waals surface area contributed by atoms with Crippen molar-refractivity contribution in [2.24, 2.45) is 7.05 Å². The Morgan fingerprint density at radius 2 is 1.91 bits per heavy atom. The number of hydrogen-bond donors (Lipinski definition) is 1. The van der Waals surface area contributed by atoms with E-state index in [4.69, 9.17) is 21.1 Å². The van der Waals surface area contributed by atoms with Gasteiger partial charge in [0.25, 0.3) is 0 Å². The van der Waals surface area contributed by atoms with Crippen LogP contribution in [0.25, 0.3) is 0 Å². The number of ether oxygens (including phenoxy) is 2. The van der Waals surface area contributed by atoms with Gasteiger partial charge in [0.05, 0.1) is 23.0 Å². The number of nitrogens with zero attached hydrogens (tertiary/aromatic N) is 4. The van der Waals surface area contributed by atoms with Crippen LogP contribution < -0.4 is 14.8 Å². The molecule has 9 nitrogen and oxygen atoms in total. The van der Waals surface area contributed by atoms with E-state index in [2.05, 4.69) is 15.5 Å². The Labute approximate surface area is 200 Å². The highest BCUT2D eigenvalue weighted by Crippen LogP contribution is 2.35. The summed E-state index contributed by atoms with van der Waals surface area (Å²) in [5.74, 6) is 1.50. The highest BCUT2D eigenvalue weighted by Gasteiger charge is 2.27. The molecule has 0 bridgehead atoms. The molecule has 1 N–H and O–H groups in total. The van der Waals surface area contributed by atoms with Gasteiger partial charge in [-0.2, -0.15) is 0 Å². The van der Waals surface area contributed by atoms with Crippen molar-refractivity contribution >= 4 is 40.9 Å². The highest BCUT2D eigenvalue weighted by atomic mass is 35.5. The van der Waals surface area contributed by atoms with E-state index in [1.807, 2.05) is 31.3 Å². The summed E-state index contributed by atoms with van der Waals surface area (Å²) in [6.07, 6.45) is -0.404. The van der Waals surface area contributed by atoms with Crippen molar-refractivity contribution in [1.82, 2.24) is 19.7 Å². The Morgan fingerprint density at radius 1 is 1.18 bits per heavy atom. The predicted molar refractivity (Wildman–Crippen MR) is 125 cm³/mol. The van der Waals surface area contributed by atoms with Crippen LogP contribution in [0.4, 0.5) is 5.69 Å². The van der Waals surface area contributed by atoms with Gasteiger partial charge >= 0.3 is 0 Å². The molecule has 1 aromatic heterocycles. The van der Waals surface area contributed by atoms with Crippen LogP contribution in [0.1, 0.15) is 11.9 Å². The van der Waals surface area contributed by atoms with E-state index in [1.54, 1.807) is 35.9 Å². The van der Waals surface area contributed by atoms with Crippen LogP contribution in [0.15, 0.2) is 53.7 Å². The number of aromatic nitrogens is 3. The van der Waals surface area contributed by atoms with Gasteiger partial charge in [-0.15, -0.1) is 10.2 Å². The molecule has 2 aromatic carbocycles. The number of carbonyl (C=O) groups excluding carboxylic acids is 2. The van der Waals surface area contributed by atoms with Gasteiger partial charge in [-0.1, -0.05) is 47.6 Å². The van der Waals surface area contributed by atoms with Gasteiger partial charge in [-0.3, -0.25) is 9.59 Å². The number of hydrogen-bond acceptors (Lipinski definition) is 7. The molecule has 33 heavy (non-hydrogen) atoms. The molecule has 0 saturated carbocycles. The van der Waals surface area contributed by atoms with Crippen LogP contribution in [0.5, 0.6) is 11.5 Å². The summed E-state index contributed by atoms with van der Waals surface area (Å²) in [6, 6.07) is 14.4. The zero-order valence-electron chi connectivity index (χ0n) is 18.0. The van der Waals surface area contributed by atoms with Gasteiger partial charge in [0.15, 0.2) is 28.6 Å². The number of fused-ring (bicyclic) bond motifs is 1. The Balaban J connectivity index is 1.30. The number of nitrogens with one attached hydrogen (secondary N) is 1. The van der Waals surface area contributed by atoms with E-state index in [0.717, 1.165) is 0 Å². The van der Waals surface area contributed by atoms with E-state index in [0.29, 0.717) is 39.8 Å². The first-order valence-corrected chi connectivity index (χ1v) is 11.5. The van der Waals surface area contributed by atoms with Gasteiger partial charge in [-0.05, 0) is 24.3 Å². The van der Waals surface area contributed by atoms with Crippen molar-refractivity contribution in [1.29, 1.82) is 0 Å². The molecule has 3 aromatic rings. The average Bonchev–Trinajstić information content (AvgIpc) is 3.18. The molecule has 0 fully saturated rings. The maximum absolute atomic E-state index is 12.5. The summed E-state index contributed by atoms with van der Waals surface area (Å²) in [5.41, 5.74) is 0.502. The monoisotopic (exact) mass is 487 g/mol. The van der Waals surface area contributed by atoms with Crippen molar-refractivity contribution in [3.05, 3.63) is 59.4 Å². The van der Waals surface area contributed by atoms with Gasteiger partial charge < -0.3 is 24.3 Å². The van der Waals surface area contributed by atoms with Crippen molar-refractivity contribution < 1.29 is 19.1 Å². The van der Waals surface area contributed by atoms with Gasteiger partial charge in [0.2, 0.25) is 11.8 Å². The molecule has 2 amide bonds. The molecule has 172 valence electrons. The molecule has 1 aliphatic rings. The number of anilines is 1. The first kappa shape index (κ1) is 22.9. The Morgan fingerprint density at radius 3 is 2.70 bits per heavy atom. The van der Waals surface area contributed by atoms with Gasteiger partial charge in [0.1, 0.15) is 6.61 Å². The number of likely N-dealkylation sites (N-methyl/N-ethyl adjacent to an activating group) is 1. The number of carbonyl (C=O) groups is 2. The Hall–Kier alpha value is -3.24. The lowest BCUT2D eigenvalue weighted by molar-refractivity contribution is -0.131. The minimum atomic E-state index is -0.404. The lowest BCUT2D eigenvalue weighted by Crippen LogP contribution is -2.36. The second-order valence-electron chi connectivity index (χ2n) is 7.33. The smallest absolute Gasteiger partial charge is 0.244 e. The van der Waals surface area contributed by atoms with Crippen LogP contribution in [-0.4, -0.2) is 57.4 Å². The molecular weight excluding hydrogens is 466 g/mol. The third kappa shape index (κ3) is 5.40. The minimum Gasteiger partial charge on any atom is -0.485 e. The number of halogens is 1. The summed E-state index contributed by atoms with van der Waals surface area (Å²) in [5, 5.41) is 12.1. The summed E-state index contributed by atoms with van der Waals surface area (Å²) < 4.78 is 13.5. The third-order valence-corrected chi connectivity index (χ3v) is 6.28. The van der Waals surface area contributed by atoms with Crippen LogP contribution >= 0.6 is 23.4 Å². The average molecular weight is 488 g/mol. The van der Waals surface area contributed by atoms with Gasteiger partial charge in [0, 0.05) is 14.1 Å². The number of benzene rings is 2. The van der Waals surface area contributed by atoms with E-state index >= 15 is 0 Å². The second kappa shape index (κ2) is 10.1. The van der Waals surface area contributed by atoms with Crippen molar-refractivity contribution in [2.75, 3.05) is 31.3 Å². The fourth-order valence-corrected chi connectivity index (χ4v) is 4.21. The number of amides is 2. The summed E-state index contributed by atoms with van der Waals surface area (Å²) >= 11 is 7.29. The normalized spacial score (nSPS) is 14.6. The highest BCUT2D eigenvalue weighted by molar-refractivity contribution is 7.99. The summed E-state index contributed by atoms with van der Waals surface area (Å²) in [7, 11) is 3.38. The third-order valence-electron chi connectivity index (χ3n) is 4.94.